The van der Waals surface area contributed by atoms with Gasteiger partial charge in [-0.25, -0.2) is 14.3 Å². The molecule has 7 aromatic rings. The number of nitrogens with one attached hydrogen (secondary N) is 3. The van der Waals surface area contributed by atoms with E-state index in [1.165, 1.54) is 39.6 Å². The van der Waals surface area contributed by atoms with Crippen molar-refractivity contribution in [3.8, 4) is 0 Å². The summed E-state index contributed by atoms with van der Waals surface area (Å²) in [6.07, 6.45) is 8.29. The maximum Gasteiger partial charge on any atom is 0.266 e. The van der Waals surface area contributed by atoms with Crippen molar-refractivity contribution in [2.45, 2.75) is 165 Å². The third-order valence-electron chi connectivity index (χ3n) is 20.4. The van der Waals surface area contributed by atoms with Crippen LogP contribution in [-0.2, 0) is 72.1 Å². The first-order chi connectivity index (χ1) is 50.5. The maximum atomic E-state index is 13.4. The first-order valence-corrected chi connectivity index (χ1v) is 37.2. The smallest absolute Gasteiger partial charge is 0.266 e. The van der Waals surface area contributed by atoms with E-state index < -0.39 is 47.9 Å². The number of rotatable bonds is 26. The second-order valence-electron chi connectivity index (χ2n) is 28.2. The number of amides is 7. The van der Waals surface area contributed by atoms with Crippen molar-refractivity contribution in [3.05, 3.63) is 225 Å². The van der Waals surface area contributed by atoms with Crippen molar-refractivity contribution < 1.29 is 47.5 Å². The Kier molecular flexibility index (Phi) is 29.6. The number of hydroxylamine groups is 1. The van der Waals surface area contributed by atoms with Crippen LogP contribution < -0.4 is 33.3 Å². The summed E-state index contributed by atoms with van der Waals surface area (Å²) in [4.78, 5) is 103. The molecule has 560 valence electrons. The van der Waals surface area contributed by atoms with Crippen molar-refractivity contribution in [2.75, 3.05) is 59.4 Å². The number of likely N-dealkylation sites (N-methyl/N-ethyl adjacent to an activating group) is 1. The van der Waals surface area contributed by atoms with E-state index in [1.54, 1.807) is 43.7 Å². The lowest BCUT2D eigenvalue weighted by Gasteiger charge is -2.45. The molecule has 11 rings (SSSR count). The predicted octanol–water partition coefficient (Wildman–Crippen LogP) is 8.11. The van der Waals surface area contributed by atoms with Crippen LogP contribution in [0.2, 0.25) is 5.02 Å². The first kappa shape index (κ1) is 80.1. The molecule has 105 heavy (non-hydrogen) atoms. The van der Waals surface area contributed by atoms with Crippen molar-refractivity contribution in [1.29, 1.82) is 0 Å². The molecule has 4 aliphatic rings. The average molecular weight is 1460 g/mol. The summed E-state index contributed by atoms with van der Waals surface area (Å²) in [7, 11) is 1.64. The fourth-order valence-electron chi connectivity index (χ4n) is 14.4. The molecule has 3 heterocycles. The molecule has 0 aromatic heterocycles. The molecule has 0 radical (unpaired) electrons. The molecule has 10 N–H and O–H groups in total. The van der Waals surface area contributed by atoms with E-state index in [4.69, 9.17) is 28.8 Å². The number of nitrogens with zero attached hydrogens (tertiary/aromatic N) is 6. The summed E-state index contributed by atoms with van der Waals surface area (Å²) < 4.78 is 26.4. The molecule has 4 fully saturated rings. The lowest BCUT2D eigenvalue weighted by Crippen LogP contribution is -2.64. The van der Waals surface area contributed by atoms with Crippen LogP contribution in [0.3, 0.4) is 0 Å². The fourth-order valence-corrected chi connectivity index (χ4v) is 14.6. The van der Waals surface area contributed by atoms with E-state index in [-0.39, 0.29) is 85.4 Å². The fraction of sp³-hybridized carbons (Fsp3) is 0.427. The highest BCUT2D eigenvalue weighted by atomic mass is 35.5. The molecule has 23 heteroatoms. The van der Waals surface area contributed by atoms with Gasteiger partial charge in [0.1, 0.15) is 23.7 Å². The van der Waals surface area contributed by atoms with Gasteiger partial charge in [-0.1, -0.05) is 177 Å². The van der Waals surface area contributed by atoms with Gasteiger partial charge in [0.15, 0.2) is 0 Å². The van der Waals surface area contributed by atoms with E-state index in [2.05, 4.69) is 77.6 Å². The van der Waals surface area contributed by atoms with Gasteiger partial charge in [-0.05, 0) is 152 Å². The summed E-state index contributed by atoms with van der Waals surface area (Å²) in [5, 5.41) is 18.1. The predicted molar refractivity (Wildman–Crippen MR) is 405 cm³/mol. The summed E-state index contributed by atoms with van der Waals surface area (Å²) in [6, 6.07) is 47.3. The Morgan fingerprint density at radius 1 is 0.505 bits per heavy atom. The van der Waals surface area contributed by atoms with E-state index in [0.29, 0.717) is 81.6 Å². The van der Waals surface area contributed by atoms with E-state index in [9.17, 15) is 47.5 Å². The minimum Gasteiger partial charge on any atom is -0.358 e. The third-order valence-corrected chi connectivity index (χ3v) is 20.6. The number of benzene rings is 7. The van der Waals surface area contributed by atoms with Crippen LogP contribution in [-0.4, -0.2) is 196 Å². The Balaban J connectivity index is 0.000000183. The zero-order valence-electron chi connectivity index (χ0n) is 60.9. The van der Waals surface area contributed by atoms with E-state index in [1.807, 2.05) is 94.7 Å². The summed E-state index contributed by atoms with van der Waals surface area (Å²) in [5.41, 5.74) is 27.3. The van der Waals surface area contributed by atoms with E-state index in [0.717, 1.165) is 77.1 Å². The van der Waals surface area contributed by atoms with Crippen LogP contribution >= 0.6 is 11.6 Å². The molecule has 3 saturated heterocycles. The topological polar surface area (TPSA) is 273 Å². The summed E-state index contributed by atoms with van der Waals surface area (Å²) >= 11 is 6.15. The van der Waals surface area contributed by atoms with Crippen LogP contribution in [0.15, 0.2) is 170 Å². The number of hydrogen-bond donors (Lipinski definition) is 7. The Hall–Kier alpha value is -9.00. The van der Waals surface area contributed by atoms with Gasteiger partial charge in [0.05, 0.1) is 30.2 Å². The first-order valence-electron chi connectivity index (χ1n) is 36.8. The van der Waals surface area contributed by atoms with Crippen LogP contribution in [0.4, 0.5) is 8.78 Å². The number of carbonyl (C=O) groups is 7. The van der Waals surface area contributed by atoms with Crippen molar-refractivity contribution in [3.63, 3.8) is 0 Å². The van der Waals surface area contributed by atoms with Crippen LogP contribution in [0.1, 0.15) is 98.2 Å². The highest BCUT2D eigenvalue weighted by molar-refractivity contribution is 6.30. The van der Waals surface area contributed by atoms with Gasteiger partial charge >= 0.3 is 0 Å². The normalized spacial score (nSPS) is 18.8. The number of hydrogen-bond acceptors (Lipinski definition) is 13. The highest BCUT2D eigenvalue weighted by Crippen LogP contribution is 2.27. The monoisotopic (exact) mass is 1460 g/mol. The molecule has 0 spiro atoms. The van der Waals surface area contributed by atoms with Gasteiger partial charge in [-0.3, -0.25) is 48.6 Å². The molecule has 9 unspecified atom stereocenters. The Bertz CT molecular complexity index is 4030. The lowest BCUT2D eigenvalue weighted by molar-refractivity contribution is -0.157. The second-order valence-corrected chi connectivity index (χ2v) is 28.6. The molecule has 1 aliphatic carbocycles. The molecule has 20 nitrogen and oxygen atoms in total. The van der Waals surface area contributed by atoms with Gasteiger partial charge in [0, 0.05) is 89.0 Å². The molecule has 3 aliphatic heterocycles. The largest absolute Gasteiger partial charge is 0.358 e. The number of nitrogens with two attached hydrogens (primary N) is 3. The van der Waals surface area contributed by atoms with Gasteiger partial charge in [0.25, 0.3) is 5.91 Å². The number of fused-ring (bicyclic) bond motifs is 1. The average Bonchev–Trinajstić information content (AvgIpc) is 1.55. The van der Waals surface area contributed by atoms with Crippen molar-refractivity contribution >= 4 is 63.7 Å². The SMILES string of the molecule is CC1C(=O)N(C(Cc2ccc3ccccc3c2)C(=O)NO)CCN1C(=O)C(N)Cc1ccc(F)cc1.CCCC1CN(C(Cc2cccc(Cl)c2)C(=O)NC)CCN1C(=O)C(N)Cc1ccc(F)cc1.CCCC1CN(C(Cc2ccccc2)C(=O)NC2CC2)CCN1C(=O)C(N)Cc1ccc(C)cc1. The minimum absolute atomic E-state index is 0.0192. The van der Waals surface area contributed by atoms with Crippen LogP contribution in [0.25, 0.3) is 10.8 Å². The van der Waals surface area contributed by atoms with Gasteiger partial charge < -0.3 is 47.4 Å². The van der Waals surface area contributed by atoms with Gasteiger partial charge in [-0.15, -0.1) is 0 Å². The second kappa shape index (κ2) is 38.8. The number of carbonyl (C=O) groups excluding carboxylic acids is 7. The molecular weight excluding hydrogens is 1350 g/mol. The molecular formula is C82H103ClF2N12O8. The Morgan fingerprint density at radius 2 is 0.943 bits per heavy atom. The number of aryl methyl sites for hydroxylation is 1. The van der Waals surface area contributed by atoms with Crippen molar-refractivity contribution in [2.24, 2.45) is 17.2 Å². The standard InChI is InChI=1S/C29H40N4O2.C27H29FN4O4.C26H34ClFN4O2/c1-3-7-25-20-32(27(28(34)31-24-14-15-24)19-22-8-5-4-6-9-22)16-17-33(25)29(35)26(30)18-23-12-10-21(2)11-13-23;1-17-26(34)32(13-12-31(17)27(35)23(29)15-18-7-10-22(28)11-8-18)24(25(33)30-36)16-19-6-9-20-4-2-3-5-21(20)14-19;1-3-5-22-17-31(24(25(33)30-2)16-19-6-4-7-20(27)14-19)12-13-32(22)26(34)23(29)15-18-8-10-21(28)11-9-18/h4-6,8-13,24-27H,3,7,14-20,30H2,1-2H3,(H,31,34);2-11,14,17,23-24,36H,12-13,15-16,29H2,1H3,(H,30,33);4,6-11,14,22-24H,3,5,12-13,15-17,29H2,1-2H3,(H,30,33). The molecule has 0 bridgehead atoms. The van der Waals surface area contributed by atoms with Gasteiger partial charge in [0.2, 0.25) is 35.4 Å². The van der Waals surface area contributed by atoms with Crippen LogP contribution in [0.5, 0.6) is 0 Å². The number of piperazine rings is 3. The van der Waals surface area contributed by atoms with Gasteiger partial charge in [-0.2, -0.15) is 0 Å². The Morgan fingerprint density at radius 3 is 1.45 bits per heavy atom. The number of halogens is 3. The van der Waals surface area contributed by atoms with Crippen molar-refractivity contribution in [1.82, 2.24) is 45.5 Å². The Labute approximate surface area is 620 Å². The molecule has 1 saturated carbocycles. The zero-order valence-corrected chi connectivity index (χ0v) is 61.7. The summed E-state index contributed by atoms with van der Waals surface area (Å²) in [6.45, 7) is 11.9. The van der Waals surface area contributed by atoms with Crippen LogP contribution in [0, 0.1) is 18.6 Å². The van der Waals surface area contributed by atoms with E-state index >= 15 is 0 Å². The third kappa shape index (κ3) is 22.5. The molecule has 9 atom stereocenters. The molecule has 7 aromatic carbocycles. The summed E-state index contributed by atoms with van der Waals surface area (Å²) in [5.74, 6) is -2.21. The molecule has 7 amide bonds. The quantitative estimate of drug-likeness (QED) is 0.0200. The lowest BCUT2D eigenvalue weighted by atomic mass is 9.98. The maximum absolute atomic E-state index is 13.4. The zero-order chi connectivity index (χ0) is 75.3. The highest BCUT2D eigenvalue weighted by Gasteiger charge is 2.43. The minimum atomic E-state index is -0.948.